The molecular formula is C105H84F3N27O5S5. The summed E-state index contributed by atoms with van der Waals surface area (Å²) < 4.78 is 63.7. The third-order valence-corrected chi connectivity index (χ3v) is 29.9. The molecule has 0 aliphatic carbocycles. The Bertz CT molecular complexity index is 8870. The number of fused-ring (bicyclic) bond motifs is 5. The maximum Gasteiger partial charge on any atom is 0.168 e. The van der Waals surface area contributed by atoms with Gasteiger partial charge in [-0.3, -0.25) is 10.2 Å². The molecule has 20 heterocycles. The summed E-state index contributed by atoms with van der Waals surface area (Å²) in [6, 6.07) is 56.0. The van der Waals surface area contributed by atoms with E-state index in [1.165, 1.54) is 81.6 Å². The molecule has 32 nitrogen and oxygen atoms in total. The number of H-pyrrole nitrogens is 2. The van der Waals surface area contributed by atoms with Crippen molar-refractivity contribution in [3.05, 3.63) is 314 Å². The number of hydrogen-bond acceptors (Lipinski definition) is 30. The van der Waals surface area contributed by atoms with Gasteiger partial charge in [0, 0.05) is 91.1 Å². The number of methoxy groups -OCH3 is 2. The molecule has 720 valence electrons. The van der Waals surface area contributed by atoms with Crippen molar-refractivity contribution in [2.75, 3.05) is 14.2 Å². The molecule has 0 spiro atoms. The van der Waals surface area contributed by atoms with Gasteiger partial charge in [-0.15, -0.1) is 56.7 Å². The number of nitrogens with zero attached hydrogens (tertiary/aromatic N) is 25. The topological polar surface area (TPSA) is 387 Å². The number of pyridine rings is 5. The first-order valence-electron chi connectivity index (χ1n) is 45.5. The summed E-state index contributed by atoms with van der Waals surface area (Å²) >= 11 is 7.54. The highest BCUT2D eigenvalue weighted by Crippen LogP contribution is 2.50. The van der Waals surface area contributed by atoms with Gasteiger partial charge in [-0.2, -0.15) is 66.3 Å². The van der Waals surface area contributed by atoms with Crippen molar-refractivity contribution in [3.8, 4) is 142 Å². The molecule has 0 bridgehead atoms. The standard InChI is InChI=1S/C22H19N5O2S.C22H19N5S.C21H18N6O2S.C20H13F2N5S.C20H15FN6OS/c1-13-19(18-4-2-3-9-27(18)26-13)22-24-20(21(30-22)17-7-8-23-25-17)16-6-5-14(11-28)10-15(16)12-29;1-13-7-6-8-14(2)18(13)20-21(16-10-11-23-25-16)28-22(24-20)19-15(3)26-27-12-5-4-9-17(19)27;1-12-16(13-7-4-5-10-27(13)26-12)21-24-18(19(30-21)20-22-11-23-25-20)17-14(28-2)8-6-9-15(17)29-3;1-11-16(15-7-2-3-10-27(15)26-11)20-24-18(12-5-4-6-13(21)17(12)22)19(28-20)14-8-9-23-25-14;1-11-15(14-7-2-3-8-27(14)26-11)20-24-17(18(29-20)19-22-10-23-25-19)16-12(9-28)5-4-6-13(16)21/h2-6,8-10,28-29H,7,11-12H2,1H3;4-9,11-12H,10H2,1-3H3;4-11H,1-3H3,(H,22,23,25);2-7,9-10H,8H2,1H3;2-8,10,28H,9H2,1H3,(H,22,23,25). The molecule has 0 fully saturated rings. The number of thiazole rings is 5. The van der Waals surface area contributed by atoms with Gasteiger partial charge in [0.15, 0.2) is 23.3 Å². The number of rotatable bonds is 20. The van der Waals surface area contributed by atoms with Crippen LogP contribution in [0, 0.1) is 65.9 Å². The van der Waals surface area contributed by atoms with Gasteiger partial charge in [-0.1, -0.05) is 91.0 Å². The lowest BCUT2D eigenvalue weighted by Gasteiger charge is -2.12. The molecular weight excluding hydrogens is 1940 g/mol. The molecule has 3 aliphatic rings. The van der Waals surface area contributed by atoms with E-state index in [9.17, 15) is 28.5 Å². The van der Waals surface area contributed by atoms with Gasteiger partial charge in [-0.05, 0) is 167 Å². The summed E-state index contributed by atoms with van der Waals surface area (Å²) in [6.45, 7) is 13.6. The zero-order valence-corrected chi connectivity index (χ0v) is 82.9. The zero-order valence-electron chi connectivity index (χ0n) is 78.9. The summed E-state index contributed by atoms with van der Waals surface area (Å²) in [4.78, 5) is 37.4. The van der Waals surface area contributed by atoms with Crippen LogP contribution in [-0.2, 0) is 19.8 Å². The molecule has 0 amide bonds. The van der Waals surface area contributed by atoms with Crippen LogP contribution < -0.4 is 9.47 Å². The molecule has 0 saturated heterocycles. The number of nitrogens with one attached hydrogen (secondary N) is 2. The highest BCUT2D eigenvalue weighted by Gasteiger charge is 2.33. The fourth-order valence-corrected chi connectivity index (χ4v) is 23.5. The Kier molecular flexibility index (Phi) is 26.5. The minimum atomic E-state index is -0.920. The number of aromatic amines is 2. The van der Waals surface area contributed by atoms with Gasteiger partial charge in [0.25, 0.3) is 0 Å². The lowest BCUT2D eigenvalue weighted by molar-refractivity contribution is 0.275. The van der Waals surface area contributed by atoms with Crippen LogP contribution in [0.3, 0.4) is 0 Å². The highest BCUT2D eigenvalue weighted by molar-refractivity contribution is 7.20. The third kappa shape index (κ3) is 18.1. The van der Waals surface area contributed by atoms with E-state index in [-0.39, 0.29) is 30.9 Å². The van der Waals surface area contributed by atoms with Crippen molar-refractivity contribution in [2.24, 2.45) is 30.6 Å². The summed E-state index contributed by atoms with van der Waals surface area (Å²) in [5, 5.41) is 94.8. The minimum absolute atomic E-state index is 0.0788. The fraction of sp³-hybridized carbons (Fsp3) is 0.143. The predicted molar refractivity (Wildman–Crippen MR) is 562 cm³/mol. The first-order chi connectivity index (χ1) is 70.8. The molecule has 0 radical (unpaired) electrons. The maximum absolute atomic E-state index is 14.8. The molecule has 40 heteroatoms. The van der Waals surface area contributed by atoms with Crippen molar-refractivity contribution in [2.45, 2.75) is 87.5 Å². The number of benzene rings is 5. The van der Waals surface area contributed by atoms with Crippen molar-refractivity contribution in [3.63, 3.8) is 0 Å². The lowest BCUT2D eigenvalue weighted by atomic mass is 9.98. The second-order valence-corrected chi connectivity index (χ2v) is 38.4. The van der Waals surface area contributed by atoms with E-state index >= 15 is 0 Å². The van der Waals surface area contributed by atoms with Gasteiger partial charge in [0.1, 0.15) is 60.7 Å². The number of hydrogen-bond donors (Lipinski definition) is 5. The van der Waals surface area contributed by atoms with E-state index < -0.39 is 17.5 Å². The molecule has 5 N–H and O–H groups in total. The smallest absolute Gasteiger partial charge is 0.168 e. The van der Waals surface area contributed by atoms with E-state index in [0.717, 1.165) is 177 Å². The lowest BCUT2D eigenvalue weighted by Crippen LogP contribution is -2.00. The second kappa shape index (κ2) is 40.7. The van der Waals surface area contributed by atoms with Crippen LogP contribution in [0.1, 0.15) is 90.2 Å². The van der Waals surface area contributed by atoms with Crippen LogP contribution in [0.5, 0.6) is 11.5 Å². The van der Waals surface area contributed by atoms with Gasteiger partial charge in [0.05, 0.1) is 188 Å². The average molecular weight is 2020 g/mol. The zero-order chi connectivity index (χ0) is 99.8. The summed E-state index contributed by atoms with van der Waals surface area (Å²) in [7, 11) is 3.27. The first kappa shape index (κ1) is 94.5. The van der Waals surface area contributed by atoms with E-state index in [1.807, 2.05) is 207 Å². The van der Waals surface area contributed by atoms with Crippen LogP contribution in [-0.4, -0.2) is 169 Å². The minimum Gasteiger partial charge on any atom is -0.496 e. The summed E-state index contributed by atoms with van der Waals surface area (Å²) in [5.74, 6) is 0.185. The maximum atomic E-state index is 14.8. The van der Waals surface area contributed by atoms with Crippen LogP contribution in [0.4, 0.5) is 13.2 Å². The first-order valence-corrected chi connectivity index (χ1v) is 49.6. The Morgan fingerprint density at radius 1 is 0.338 bits per heavy atom. The molecule has 22 aromatic rings. The van der Waals surface area contributed by atoms with Crippen LogP contribution in [0.2, 0.25) is 0 Å². The average Bonchev–Trinajstić information content (AvgIpc) is 1.62. The molecule has 145 heavy (non-hydrogen) atoms. The summed E-state index contributed by atoms with van der Waals surface area (Å²) in [5.41, 5.74) is 27.4. The fourth-order valence-electron chi connectivity index (χ4n) is 17.7. The highest BCUT2D eigenvalue weighted by atomic mass is 32.1. The van der Waals surface area contributed by atoms with Crippen LogP contribution in [0.15, 0.2) is 256 Å². The van der Waals surface area contributed by atoms with Gasteiger partial charge >= 0.3 is 0 Å². The number of aliphatic hydroxyl groups is 3. The summed E-state index contributed by atoms with van der Waals surface area (Å²) in [6.07, 6.45) is 19.7. The van der Waals surface area contributed by atoms with Crippen molar-refractivity contribution < 1.29 is 38.0 Å². The number of halogens is 3. The predicted octanol–water partition coefficient (Wildman–Crippen LogP) is 21.8. The van der Waals surface area contributed by atoms with Crippen molar-refractivity contribution in [1.82, 2.24) is 103 Å². The molecule has 17 aromatic heterocycles. The van der Waals surface area contributed by atoms with Gasteiger partial charge in [0.2, 0.25) is 0 Å². The molecule has 3 aliphatic heterocycles. The largest absolute Gasteiger partial charge is 0.496 e. The van der Waals surface area contributed by atoms with E-state index in [1.54, 1.807) is 70.5 Å². The van der Waals surface area contributed by atoms with Crippen molar-refractivity contribution >= 4 is 120 Å². The Morgan fingerprint density at radius 3 is 1.06 bits per heavy atom. The Morgan fingerprint density at radius 2 is 0.690 bits per heavy atom. The van der Waals surface area contributed by atoms with E-state index in [0.29, 0.717) is 78.4 Å². The van der Waals surface area contributed by atoms with Gasteiger partial charge in [-0.25, -0.2) is 70.6 Å². The number of aliphatic hydroxyl groups excluding tert-OH is 3. The van der Waals surface area contributed by atoms with Crippen molar-refractivity contribution in [1.29, 1.82) is 0 Å². The van der Waals surface area contributed by atoms with E-state index in [4.69, 9.17) is 34.4 Å². The molecule has 5 aromatic carbocycles. The van der Waals surface area contributed by atoms with Crippen LogP contribution in [0.25, 0.3) is 158 Å². The Labute approximate surface area is 843 Å². The quantitative estimate of drug-likeness (QED) is 0.0473. The SMILES string of the molecule is COc1cccc(OC)c1-c1nc(-c2c(C)nn3ccccc23)sc1-c1ncn[nH]1.Cc1cccc(C)c1-c1nc(-c2c(C)nn3ccccc23)sc1C1=NN=CC1.Cc1nn2ccccc2c1-c1nc(-c2c(F)cccc2CO)c(-c2ncn[nH]2)s1.Cc1nn2ccccc2c1-c1nc(-c2ccc(CO)cc2CO)c(C2=NN=CC2)s1.Cc1nn2ccccc2c1-c1nc(-c2cccc(F)c2F)c(C2=NN=CC2)s1. The molecule has 25 rings (SSSR count). The number of aryl methyl sites for hydroxylation is 7. The Hall–Kier alpha value is -16.7. The van der Waals surface area contributed by atoms with Crippen LogP contribution >= 0.6 is 56.7 Å². The molecule has 0 atom stereocenters. The molecule has 0 unspecified atom stereocenters. The monoisotopic (exact) mass is 2020 g/mol. The normalized spacial score (nSPS) is 12.6. The Balaban J connectivity index is 0.000000107. The third-order valence-electron chi connectivity index (χ3n) is 24.3. The van der Waals surface area contributed by atoms with E-state index in [2.05, 4.69) is 125 Å². The number of ether oxygens (including phenoxy) is 2. The second-order valence-electron chi connectivity index (χ2n) is 33.4. The van der Waals surface area contributed by atoms with Gasteiger partial charge < -0.3 is 24.8 Å². The number of aromatic nitrogens is 21. The molecule has 0 saturated carbocycles.